The van der Waals surface area contributed by atoms with Crippen molar-refractivity contribution in [2.24, 2.45) is 5.92 Å². The van der Waals surface area contributed by atoms with Gasteiger partial charge >= 0.3 is 5.97 Å². The quantitative estimate of drug-likeness (QED) is 0.574. The Balaban J connectivity index is 2.89. The molecule has 0 saturated carbocycles. The summed E-state index contributed by atoms with van der Waals surface area (Å²) in [5.41, 5.74) is 6.23. The lowest BCUT2D eigenvalue weighted by molar-refractivity contribution is -0.124. The van der Waals surface area contributed by atoms with E-state index in [1.807, 2.05) is 0 Å². The number of nitrogens with one attached hydrogen (secondary N) is 3. The van der Waals surface area contributed by atoms with Crippen LogP contribution >= 0.6 is 0 Å². The van der Waals surface area contributed by atoms with Gasteiger partial charge in [-0.1, -0.05) is 13.8 Å². The minimum atomic E-state index is -0.514. The number of aromatic amines is 1. The summed E-state index contributed by atoms with van der Waals surface area (Å²) in [5.74, 6) is -1.53. The van der Waals surface area contributed by atoms with Gasteiger partial charge in [-0.2, -0.15) is 0 Å². The van der Waals surface area contributed by atoms with Crippen LogP contribution in [0.2, 0.25) is 0 Å². The van der Waals surface area contributed by atoms with Gasteiger partial charge in [-0.15, -0.1) is 0 Å². The Morgan fingerprint density at radius 1 is 1.19 bits per heavy atom. The van der Waals surface area contributed by atoms with Crippen LogP contribution in [0.3, 0.4) is 0 Å². The van der Waals surface area contributed by atoms with Gasteiger partial charge in [0.05, 0.1) is 12.2 Å². The van der Waals surface area contributed by atoms with E-state index in [-0.39, 0.29) is 24.1 Å². The fourth-order valence-electron chi connectivity index (χ4n) is 1.81. The summed E-state index contributed by atoms with van der Waals surface area (Å²) in [6, 6.07) is 0. The normalized spacial score (nSPS) is 10.4. The Hall–Kier alpha value is -2.31. The van der Waals surface area contributed by atoms with E-state index in [1.165, 1.54) is 0 Å². The van der Waals surface area contributed by atoms with Crippen molar-refractivity contribution in [2.45, 2.75) is 34.6 Å². The highest BCUT2D eigenvalue weighted by Crippen LogP contribution is 2.18. The fraction of sp³-hybridized carbons (Fsp3) is 0.500. The second-order valence-corrected chi connectivity index (χ2v) is 4.94. The maximum atomic E-state index is 12.0. The van der Waals surface area contributed by atoms with E-state index >= 15 is 0 Å². The first-order valence-corrected chi connectivity index (χ1v) is 6.76. The first-order valence-electron chi connectivity index (χ1n) is 6.76. The number of amides is 2. The average molecular weight is 295 g/mol. The molecule has 0 saturated heterocycles. The Labute approximate surface area is 123 Å². The number of carbonyl (C=O) groups is 3. The minimum Gasteiger partial charge on any atom is -0.462 e. The monoisotopic (exact) mass is 295 g/mol. The molecule has 0 bridgehead atoms. The lowest BCUT2D eigenvalue weighted by Gasteiger charge is -2.09. The molecule has 1 aromatic heterocycles. The van der Waals surface area contributed by atoms with E-state index in [1.54, 1.807) is 34.6 Å². The molecule has 21 heavy (non-hydrogen) atoms. The number of carbonyl (C=O) groups excluding carboxylic acids is 3. The van der Waals surface area contributed by atoms with Gasteiger partial charge in [0.1, 0.15) is 5.69 Å². The summed E-state index contributed by atoms with van der Waals surface area (Å²) in [5, 5.41) is 0. The van der Waals surface area contributed by atoms with Crippen LogP contribution in [0, 0.1) is 19.8 Å². The number of aromatic nitrogens is 1. The molecule has 116 valence electrons. The second kappa shape index (κ2) is 6.92. The van der Waals surface area contributed by atoms with Crippen LogP contribution in [0.5, 0.6) is 0 Å². The fourth-order valence-corrected chi connectivity index (χ4v) is 1.81. The molecule has 1 aromatic rings. The Morgan fingerprint density at radius 2 is 1.81 bits per heavy atom. The molecule has 1 rings (SSSR count). The Kier molecular flexibility index (Phi) is 5.52. The van der Waals surface area contributed by atoms with Crippen molar-refractivity contribution in [1.82, 2.24) is 15.8 Å². The molecule has 0 aromatic carbocycles. The van der Waals surface area contributed by atoms with E-state index in [0.717, 1.165) is 0 Å². The number of hydrazine groups is 1. The van der Waals surface area contributed by atoms with Gasteiger partial charge < -0.3 is 9.72 Å². The van der Waals surface area contributed by atoms with Crippen LogP contribution in [0.4, 0.5) is 0 Å². The molecule has 0 radical (unpaired) electrons. The first kappa shape index (κ1) is 16.7. The minimum absolute atomic E-state index is 0.222. The molecule has 0 aliphatic carbocycles. The zero-order valence-corrected chi connectivity index (χ0v) is 12.9. The van der Waals surface area contributed by atoms with Gasteiger partial charge in [0.2, 0.25) is 5.91 Å². The number of esters is 1. The second-order valence-electron chi connectivity index (χ2n) is 4.94. The molecule has 0 atom stereocenters. The summed E-state index contributed by atoms with van der Waals surface area (Å²) in [6.45, 7) is 8.73. The van der Waals surface area contributed by atoms with Gasteiger partial charge in [-0.3, -0.25) is 20.4 Å². The molecule has 2 amide bonds. The van der Waals surface area contributed by atoms with Crippen molar-refractivity contribution >= 4 is 17.8 Å². The summed E-state index contributed by atoms with van der Waals surface area (Å²) < 4.78 is 4.95. The summed E-state index contributed by atoms with van der Waals surface area (Å²) in [4.78, 5) is 38.1. The Morgan fingerprint density at radius 3 is 2.33 bits per heavy atom. The standard InChI is InChI=1S/C14H21N3O4/c1-6-21-14(20)10-8(4)11(15-9(10)5)13(19)17-16-12(18)7(2)3/h7,15H,6H2,1-5H3,(H,16,18)(H,17,19). The number of rotatable bonds is 4. The molecule has 0 fully saturated rings. The molecule has 1 heterocycles. The van der Waals surface area contributed by atoms with Crippen molar-refractivity contribution in [2.75, 3.05) is 6.61 Å². The predicted octanol–water partition coefficient (Wildman–Crippen LogP) is 1.23. The third kappa shape index (κ3) is 3.84. The molecular formula is C14H21N3O4. The third-order valence-corrected chi connectivity index (χ3v) is 2.97. The van der Waals surface area contributed by atoms with Gasteiger partial charge in [-0.05, 0) is 26.3 Å². The summed E-state index contributed by atoms with van der Waals surface area (Å²) in [7, 11) is 0. The number of aryl methyl sites for hydroxylation is 1. The predicted molar refractivity (Wildman–Crippen MR) is 76.7 cm³/mol. The highest BCUT2D eigenvalue weighted by Gasteiger charge is 2.23. The summed E-state index contributed by atoms with van der Waals surface area (Å²) >= 11 is 0. The topological polar surface area (TPSA) is 100 Å². The van der Waals surface area contributed by atoms with Gasteiger partial charge in [-0.25, -0.2) is 4.79 Å². The largest absolute Gasteiger partial charge is 0.462 e. The molecule has 3 N–H and O–H groups in total. The van der Waals surface area contributed by atoms with Crippen LogP contribution in [0.25, 0.3) is 0 Å². The van der Waals surface area contributed by atoms with E-state index in [9.17, 15) is 14.4 Å². The van der Waals surface area contributed by atoms with Gasteiger partial charge in [0, 0.05) is 11.6 Å². The number of ether oxygens (including phenoxy) is 1. The zero-order valence-electron chi connectivity index (χ0n) is 12.9. The maximum Gasteiger partial charge on any atom is 0.340 e. The van der Waals surface area contributed by atoms with Crippen molar-refractivity contribution in [1.29, 1.82) is 0 Å². The third-order valence-electron chi connectivity index (χ3n) is 2.97. The first-order chi connectivity index (χ1) is 9.79. The smallest absolute Gasteiger partial charge is 0.340 e. The van der Waals surface area contributed by atoms with Crippen LogP contribution in [0.1, 0.15) is 52.9 Å². The SMILES string of the molecule is CCOC(=O)c1c(C)[nH]c(C(=O)NNC(=O)C(C)C)c1C. The van der Waals surface area contributed by atoms with Crippen LogP contribution in [0.15, 0.2) is 0 Å². The molecule has 7 heteroatoms. The van der Waals surface area contributed by atoms with E-state index in [4.69, 9.17) is 4.74 Å². The Bertz CT molecular complexity index is 561. The van der Waals surface area contributed by atoms with Crippen molar-refractivity contribution in [3.8, 4) is 0 Å². The van der Waals surface area contributed by atoms with E-state index in [2.05, 4.69) is 15.8 Å². The molecule has 0 aliphatic heterocycles. The van der Waals surface area contributed by atoms with Crippen LogP contribution in [-0.2, 0) is 9.53 Å². The van der Waals surface area contributed by atoms with E-state index < -0.39 is 11.9 Å². The van der Waals surface area contributed by atoms with Crippen molar-refractivity contribution in [3.63, 3.8) is 0 Å². The highest BCUT2D eigenvalue weighted by molar-refractivity contribution is 6.01. The van der Waals surface area contributed by atoms with E-state index in [0.29, 0.717) is 16.8 Å². The average Bonchev–Trinajstić information content (AvgIpc) is 2.71. The molecule has 0 unspecified atom stereocenters. The van der Waals surface area contributed by atoms with Crippen LogP contribution in [-0.4, -0.2) is 29.4 Å². The molecular weight excluding hydrogens is 274 g/mol. The lowest BCUT2D eigenvalue weighted by Crippen LogP contribution is -2.43. The molecule has 7 nitrogen and oxygen atoms in total. The number of H-pyrrole nitrogens is 1. The number of hydrogen-bond acceptors (Lipinski definition) is 4. The molecule has 0 spiro atoms. The summed E-state index contributed by atoms with van der Waals surface area (Å²) in [6.07, 6.45) is 0. The number of hydrogen-bond donors (Lipinski definition) is 3. The maximum absolute atomic E-state index is 12.0. The van der Waals surface area contributed by atoms with Crippen LogP contribution < -0.4 is 10.9 Å². The highest BCUT2D eigenvalue weighted by atomic mass is 16.5. The molecule has 0 aliphatic rings. The van der Waals surface area contributed by atoms with Crippen molar-refractivity contribution in [3.05, 3.63) is 22.5 Å². The lowest BCUT2D eigenvalue weighted by atomic mass is 10.1. The van der Waals surface area contributed by atoms with Crippen molar-refractivity contribution < 1.29 is 19.1 Å². The zero-order chi connectivity index (χ0) is 16.2. The van der Waals surface area contributed by atoms with Gasteiger partial charge in [0.15, 0.2) is 0 Å². The van der Waals surface area contributed by atoms with Gasteiger partial charge in [0.25, 0.3) is 5.91 Å².